The molecule has 1 saturated carbocycles. The molecule has 0 aromatic carbocycles. The molecule has 1 atom stereocenters. The molecule has 0 saturated heterocycles. The monoisotopic (exact) mass is 249 g/mol. The molecule has 1 aliphatic heterocycles. The van der Waals surface area contributed by atoms with Crippen molar-refractivity contribution in [3.05, 3.63) is 24.6 Å². The van der Waals surface area contributed by atoms with Crippen LogP contribution >= 0.6 is 0 Å². The van der Waals surface area contributed by atoms with Crippen molar-refractivity contribution in [2.24, 2.45) is 11.8 Å². The van der Waals surface area contributed by atoms with Crippen molar-refractivity contribution in [2.75, 3.05) is 6.61 Å². The van der Waals surface area contributed by atoms with E-state index in [-0.39, 0.29) is 17.9 Å². The van der Waals surface area contributed by atoms with Crippen LogP contribution in [0, 0.1) is 11.8 Å². The van der Waals surface area contributed by atoms with Crippen LogP contribution in [-0.4, -0.2) is 23.4 Å². The van der Waals surface area contributed by atoms with Gasteiger partial charge in [-0.1, -0.05) is 18.6 Å². The highest BCUT2D eigenvalue weighted by Gasteiger charge is 2.28. The lowest BCUT2D eigenvalue weighted by Gasteiger charge is -2.28. The molecule has 1 aliphatic carbocycles. The predicted octanol–water partition coefficient (Wildman–Crippen LogP) is 2.86. The molecule has 18 heavy (non-hydrogen) atoms. The van der Waals surface area contributed by atoms with E-state index in [4.69, 9.17) is 4.74 Å². The number of allylic oxidation sites excluding steroid dienone is 2. The lowest BCUT2D eigenvalue weighted by Crippen LogP contribution is -2.29. The number of Topliss-reactive ketones (excluding diaryl/α,β-unsaturated/α-hetero) is 1. The van der Waals surface area contributed by atoms with Gasteiger partial charge in [0.15, 0.2) is 0 Å². The summed E-state index contributed by atoms with van der Waals surface area (Å²) >= 11 is 0. The second kappa shape index (κ2) is 5.85. The number of ketones is 1. The number of hydrogen-bond acceptors (Lipinski definition) is 3. The van der Waals surface area contributed by atoms with E-state index in [1.165, 1.54) is 4.90 Å². The fourth-order valence-corrected chi connectivity index (χ4v) is 2.50. The van der Waals surface area contributed by atoms with Gasteiger partial charge in [0, 0.05) is 30.7 Å². The Morgan fingerprint density at radius 2 is 2.11 bits per heavy atom. The lowest BCUT2D eigenvalue weighted by atomic mass is 9.78. The fraction of sp³-hybridized carbons (Fsp3) is 0.571. The summed E-state index contributed by atoms with van der Waals surface area (Å²) in [5.41, 5.74) is 0. The van der Waals surface area contributed by atoms with Crippen LogP contribution in [-0.2, 0) is 9.53 Å². The molecule has 1 fully saturated rings. The predicted molar refractivity (Wildman–Crippen MR) is 67.6 cm³/mol. The lowest BCUT2D eigenvalue weighted by molar-refractivity contribution is -0.125. The van der Waals surface area contributed by atoms with Gasteiger partial charge in [-0.15, -0.1) is 0 Å². The second-order valence-corrected chi connectivity index (χ2v) is 4.69. The maximum absolute atomic E-state index is 11.8. The molecule has 1 unspecified atom stereocenters. The smallest absolute Gasteiger partial charge is 0.417 e. The molecule has 4 heteroatoms. The van der Waals surface area contributed by atoms with E-state index in [9.17, 15) is 9.59 Å². The quantitative estimate of drug-likeness (QED) is 0.756. The van der Waals surface area contributed by atoms with Crippen LogP contribution in [0.3, 0.4) is 0 Å². The minimum absolute atomic E-state index is 0.0931. The van der Waals surface area contributed by atoms with Crippen LogP contribution in [0.5, 0.6) is 0 Å². The van der Waals surface area contributed by atoms with E-state index in [0.29, 0.717) is 18.8 Å². The van der Waals surface area contributed by atoms with Crippen LogP contribution in [0.2, 0.25) is 0 Å². The highest BCUT2D eigenvalue weighted by Crippen LogP contribution is 2.30. The minimum Gasteiger partial charge on any atom is -0.449 e. The first-order valence-electron chi connectivity index (χ1n) is 6.57. The van der Waals surface area contributed by atoms with Crippen LogP contribution in [0.25, 0.3) is 0 Å². The standard InChI is InChI=1S/C14H19NO3/c1-2-18-14(17)15-9-7-11(8-10-15)12-5-3-4-6-13(12)16/h7-12H,2-6H2,1H3. The number of carbonyl (C=O) groups is 2. The molecular formula is C14H19NO3. The maximum Gasteiger partial charge on any atom is 0.417 e. The fourth-order valence-electron chi connectivity index (χ4n) is 2.50. The second-order valence-electron chi connectivity index (χ2n) is 4.69. The van der Waals surface area contributed by atoms with Gasteiger partial charge in [0.25, 0.3) is 0 Å². The van der Waals surface area contributed by atoms with Gasteiger partial charge in [-0.2, -0.15) is 0 Å². The van der Waals surface area contributed by atoms with Gasteiger partial charge in [0.05, 0.1) is 6.61 Å². The van der Waals surface area contributed by atoms with Gasteiger partial charge < -0.3 is 4.74 Å². The third-order valence-corrected chi connectivity index (χ3v) is 3.48. The minimum atomic E-state index is -0.376. The molecule has 2 rings (SSSR count). The van der Waals surface area contributed by atoms with E-state index < -0.39 is 0 Å². The van der Waals surface area contributed by atoms with Gasteiger partial charge >= 0.3 is 6.09 Å². The Morgan fingerprint density at radius 3 is 2.72 bits per heavy atom. The molecule has 0 spiro atoms. The zero-order valence-corrected chi connectivity index (χ0v) is 10.7. The third kappa shape index (κ3) is 2.81. The van der Waals surface area contributed by atoms with E-state index in [1.807, 2.05) is 12.2 Å². The first-order valence-corrected chi connectivity index (χ1v) is 6.57. The number of ether oxygens (including phenoxy) is 1. The summed E-state index contributed by atoms with van der Waals surface area (Å²) in [6.07, 6.45) is 10.7. The van der Waals surface area contributed by atoms with Crippen molar-refractivity contribution in [3.8, 4) is 0 Å². The van der Waals surface area contributed by atoms with Crippen molar-refractivity contribution < 1.29 is 14.3 Å². The van der Waals surface area contributed by atoms with Gasteiger partial charge in [0.2, 0.25) is 0 Å². The molecule has 0 radical (unpaired) electrons. The van der Waals surface area contributed by atoms with Gasteiger partial charge in [-0.05, 0) is 19.8 Å². The Morgan fingerprint density at radius 1 is 1.39 bits per heavy atom. The van der Waals surface area contributed by atoms with E-state index in [0.717, 1.165) is 19.3 Å². The number of amides is 1. The maximum atomic E-state index is 11.8. The van der Waals surface area contributed by atoms with Crippen molar-refractivity contribution in [2.45, 2.75) is 32.6 Å². The highest BCUT2D eigenvalue weighted by molar-refractivity contribution is 5.82. The Bertz CT molecular complexity index is 373. The first kappa shape index (κ1) is 12.9. The summed E-state index contributed by atoms with van der Waals surface area (Å²) in [6, 6.07) is 0. The van der Waals surface area contributed by atoms with E-state index in [2.05, 4.69) is 0 Å². The largest absolute Gasteiger partial charge is 0.449 e. The summed E-state index contributed by atoms with van der Waals surface area (Å²) in [7, 11) is 0. The molecular weight excluding hydrogens is 230 g/mol. The van der Waals surface area contributed by atoms with Crippen LogP contribution in [0.1, 0.15) is 32.6 Å². The summed E-state index contributed by atoms with van der Waals surface area (Å²) in [5.74, 6) is 0.573. The topological polar surface area (TPSA) is 46.6 Å². The Hall–Kier alpha value is -1.58. The summed E-state index contributed by atoms with van der Waals surface area (Å²) in [6.45, 7) is 2.14. The average molecular weight is 249 g/mol. The molecule has 0 aromatic rings. The molecule has 0 N–H and O–H groups in total. The normalized spacial score (nSPS) is 24.4. The van der Waals surface area contributed by atoms with Crippen molar-refractivity contribution in [1.29, 1.82) is 0 Å². The molecule has 1 amide bonds. The van der Waals surface area contributed by atoms with E-state index in [1.54, 1.807) is 19.3 Å². The number of rotatable bonds is 2. The first-order chi connectivity index (χ1) is 8.72. The number of carbonyl (C=O) groups excluding carboxylic acids is 2. The molecule has 98 valence electrons. The zero-order valence-electron chi connectivity index (χ0n) is 10.7. The Balaban J connectivity index is 1.96. The number of nitrogens with zero attached hydrogens (tertiary/aromatic N) is 1. The zero-order chi connectivity index (χ0) is 13.0. The van der Waals surface area contributed by atoms with Gasteiger partial charge in [-0.25, -0.2) is 4.79 Å². The van der Waals surface area contributed by atoms with Crippen LogP contribution < -0.4 is 0 Å². The van der Waals surface area contributed by atoms with Crippen molar-refractivity contribution >= 4 is 11.9 Å². The van der Waals surface area contributed by atoms with E-state index >= 15 is 0 Å². The summed E-state index contributed by atoms with van der Waals surface area (Å²) in [4.78, 5) is 24.7. The highest BCUT2D eigenvalue weighted by atomic mass is 16.5. The Labute approximate surface area is 107 Å². The summed E-state index contributed by atoms with van der Waals surface area (Å²) in [5, 5.41) is 0. The van der Waals surface area contributed by atoms with Crippen LogP contribution in [0.15, 0.2) is 24.6 Å². The molecule has 1 heterocycles. The number of hydrogen-bond donors (Lipinski definition) is 0. The van der Waals surface area contributed by atoms with Gasteiger partial charge in [-0.3, -0.25) is 9.69 Å². The summed E-state index contributed by atoms with van der Waals surface area (Å²) < 4.78 is 4.90. The third-order valence-electron chi connectivity index (χ3n) is 3.48. The van der Waals surface area contributed by atoms with Crippen LogP contribution in [0.4, 0.5) is 4.79 Å². The average Bonchev–Trinajstić information content (AvgIpc) is 2.40. The molecule has 0 bridgehead atoms. The molecule has 0 aromatic heterocycles. The molecule has 4 nitrogen and oxygen atoms in total. The van der Waals surface area contributed by atoms with Crippen molar-refractivity contribution in [1.82, 2.24) is 4.90 Å². The Kier molecular flexibility index (Phi) is 4.18. The van der Waals surface area contributed by atoms with Gasteiger partial charge in [0.1, 0.15) is 5.78 Å². The van der Waals surface area contributed by atoms with Crippen molar-refractivity contribution in [3.63, 3.8) is 0 Å². The molecule has 2 aliphatic rings. The SMILES string of the molecule is CCOC(=O)N1C=CC(C2CCCCC2=O)C=C1.